The van der Waals surface area contributed by atoms with Gasteiger partial charge in [0.05, 0.1) is 19.0 Å². The molecule has 1 aromatic rings. The molecule has 6 heteroatoms. The van der Waals surface area contributed by atoms with Crippen LogP contribution in [0, 0.1) is 5.41 Å². The van der Waals surface area contributed by atoms with E-state index in [4.69, 9.17) is 16.2 Å². The quantitative estimate of drug-likeness (QED) is 0.431. The van der Waals surface area contributed by atoms with Crippen LogP contribution in [-0.2, 0) is 0 Å². The van der Waals surface area contributed by atoms with Crippen molar-refractivity contribution >= 4 is 11.7 Å². The van der Waals surface area contributed by atoms with Gasteiger partial charge in [0.1, 0.15) is 17.3 Å². The van der Waals surface area contributed by atoms with Crippen molar-refractivity contribution in [3.8, 4) is 0 Å². The molecule has 0 atom stereocenters. The van der Waals surface area contributed by atoms with E-state index in [0.29, 0.717) is 18.1 Å². The molecule has 0 bridgehead atoms. The number of hydrogen-bond acceptors (Lipinski definition) is 5. The number of nitrogens with one attached hydrogen (secondary N) is 1. The van der Waals surface area contributed by atoms with Gasteiger partial charge in [-0.05, 0) is 0 Å². The number of likely N-dealkylation sites (N-methyl/N-ethyl adjacent to an activating group) is 1. The van der Waals surface area contributed by atoms with Crippen molar-refractivity contribution < 1.29 is 5.11 Å². The fraction of sp³-hybridized carbons (Fsp3) is 0.375. The van der Waals surface area contributed by atoms with Gasteiger partial charge in [-0.25, -0.2) is 9.97 Å². The largest absolute Gasteiger partial charge is 0.395 e. The molecule has 0 radical (unpaired) electrons. The lowest BCUT2D eigenvalue weighted by Crippen LogP contribution is -2.23. The van der Waals surface area contributed by atoms with E-state index >= 15 is 0 Å². The number of aromatic nitrogens is 2. The average molecular weight is 195 g/mol. The molecule has 76 valence electrons. The Morgan fingerprint density at radius 2 is 2.29 bits per heavy atom. The first-order valence-electron chi connectivity index (χ1n) is 4.13. The van der Waals surface area contributed by atoms with Crippen molar-refractivity contribution in [1.29, 1.82) is 5.41 Å². The SMILES string of the molecule is CN(CCO)c1cnc(C(=N)N)cn1. The van der Waals surface area contributed by atoms with Gasteiger partial charge in [0.2, 0.25) is 0 Å². The summed E-state index contributed by atoms with van der Waals surface area (Å²) in [5.74, 6) is 0.540. The normalized spacial score (nSPS) is 9.86. The Hall–Kier alpha value is -1.69. The van der Waals surface area contributed by atoms with E-state index in [0.717, 1.165) is 0 Å². The van der Waals surface area contributed by atoms with Crippen molar-refractivity contribution in [2.45, 2.75) is 0 Å². The van der Waals surface area contributed by atoms with E-state index < -0.39 is 0 Å². The zero-order chi connectivity index (χ0) is 10.6. The first kappa shape index (κ1) is 10.4. The molecule has 4 N–H and O–H groups in total. The summed E-state index contributed by atoms with van der Waals surface area (Å²) in [7, 11) is 1.80. The lowest BCUT2D eigenvalue weighted by Gasteiger charge is -2.15. The summed E-state index contributed by atoms with van der Waals surface area (Å²) in [6, 6.07) is 0. The zero-order valence-electron chi connectivity index (χ0n) is 7.94. The number of nitrogen functional groups attached to an aromatic ring is 1. The van der Waals surface area contributed by atoms with Crippen LogP contribution in [0.15, 0.2) is 12.4 Å². The van der Waals surface area contributed by atoms with Crippen molar-refractivity contribution in [3.63, 3.8) is 0 Å². The van der Waals surface area contributed by atoms with Crippen LogP contribution in [0.4, 0.5) is 5.82 Å². The molecule has 1 aromatic heterocycles. The first-order valence-corrected chi connectivity index (χ1v) is 4.13. The highest BCUT2D eigenvalue weighted by molar-refractivity contribution is 5.92. The predicted octanol–water partition coefficient (Wildman–Crippen LogP) is -0.811. The Bertz CT molecular complexity index is 310. The van der Waals surface area contributed by atoms with Crippen LogP contribution in [0.1, 0.15) is 5.69 Å². The van der Waals surface area contributed by atoms with E-state index in [1.165, 1.54) is 12.4 Å². The summed E-state index contributed by atoms with van der Waals surface area (Å²) in [5.41, 5.74) is 5.58. The van der Waals surface area contributed by atoms with Crippen LogP contribution in [0.25, 0.3) is 0 Å². The van der Waals surface area contributed by atoms with Crippen LogP contribution >= 0.6 is 0 Å². The van der Waals surface area contributed by atoms with Gasteiger partial charge in [0.25, 0.3) is 0 Å². The predicted molar refractivity (Wildman–Crippen MR) is 53.4 cm³/mol. The van der Waals surface area contributed by atoms with Gasteiger partial charge < -0.3 is 15.7 Å². The highest BCUT2D eigenvalue weighted by Gasteiger charge is 2.03. The lowest BCUT2D eigenvalue weighted by atomic mass is 10.4. The Morgan fingerprint density at radius 1 is 1.57 bits per heavy atom. The van der Waals surface area contributed by atoms with Crippen LogP contribution in [0.3, 0.4) is 0 Å². The third-order valence-electron chi connectivity index (χ3n) is 1.74. The van der Waals surface area contributed by atoms with Crippen LogP contribution in [-0.4, -0.2) is 41.1 Å². The average Bonchev–Trinajstić information content (AvgIpc) is 2.18. The monoisotopic (exact) mass is 195 g/mol. The molecule has 0 fully saturated rings. The number of rotatable bonds is 4. The van der Waals surface area contributed by atoms with Gasteiger partial charge in [-0.1, -0.05) is 0 Å². The summed E-state index contributed by atoms with van der Waals surface area (Å²) in [6.07, 6.45) is 2.96. The molecule has 0 aliphatic heterocycles. The number of anilines is 1. The molecule has 0 aliphatic carbocycles. The van der Waals surface area contributed by atoms with Crippen molar-refractivity contribution in [2.24, 2.45) is 5.73 Å². The molecule has 0 aliphatic rings. The summed E-state index contributed by atoms with van der Waals surface area (Å²) in [6.45, 7) is 0.556. The molecule has 1 heterocycles. The van der Waals surface area contributed by atoms with Crippen molar-refractivity contribution in [1.82, 2.24) is 9.97 Å². The minimum absolute atomic E-state index is 0.0621. The third kappa shape index (κ3) is 2.40. The molecule has 1 rings (SSSR count). The number of nitrogens with two attached hydrogens (primary N) is 1. The topological polar surface area (TPSA) is 99.1 Å². The van der Waals surface area contributed by atoms with Crippen LogP contribution in [0.5, 0.6) is 0 Å². The minimum Gasteiger partial charge on any atom is -0.395 e. The maximum absolute atomic E-state index is 8.70. The number of nitrogens with zero attached hydrogens (tertiary/aromatic N) is 3. The van der Waals surface area contributed by atoms with Gasteiger partial charge in [-0.2, -0.15) is 0 Å². The van der Waals surface area contributed by atoms with Gasteiger partial charge in [-0.15, -0.1) is 0 Å². The second kappa shape index (κ2) is 4.52. The standard InChI is InChI=1S/C8H13N5O/c1-13(2-3-14)7-5-11-6(4-12-7)8(9)10/h4-5,14H,2-3H2,1H3,(H3,9,10). The first-order chi connectivity index (χ1) is 6.65. The Balaban J connectivity index is 2.77. The summed E-state index contributed by atoms with van der Waals surface area (Å²) >= 11 is 0. The fourth-order valence-corrected chi connectivity index (χ4v) is 0.922. The molecule has 6 nitrogen and oxygen atoms in total. The zero-order valence-corrected chi connectivity index (χ0v) is 7.94. The maximum atomic E-state index is 8.70. The third-order valence-corrected chi connectivity index (χ3v) is 1.74. The summed E-state index contributed by atoms with van der Waals surface area (Å²) in [4.78, 5) is 9.76. The second-order valence-corrected chi connectivity index (χ2v) is 2.82. The van der Waals surface area contributed by atoms with E-state index in [2.05, 4.69) is 9.97 Å². The van der Waals surface area contributed by atoms with Crippen molar-refractivity contribution in [2.75, 3.05) is 25.1 Å². The van der Waals surface area contributed by atoms with E-state index in [9.17, 15) is 0 Å². The van der Waals surface area contributed by atoms with E-state index in [-0.39, 0.29) is 12.4 Å². The Morgan fingerprint density at radius 3 is 2.71 bits per heavy atom. The second-order valence-electron chi connectivity index (χ2n) is 2.82. The molecular formula is C8H13N5O. The van der Waals surface area contributed by atoms with Gasteiger partial charge >= 0.3 is 0 Å². The van der Waals surface area contributed by atoms with Gasteiger partial charge in [-0.3, -0.25) is 5.41 Å². The maximum Gasteiger partial charge on any atom is 0.146 e. The van der Waals surface area contributed by atoms with E-state index in [1.807, 2.05) is 0 Å². The molecule has 0 amide bonds. The van der Waals surface area contributed by atoms with E-state index in [1.54, 1.807) is 11.9 Å². The summed E-state index contributed by atoms with van der Waals surface area (Å²) in [5, 5.41) is 15.8. The van der Waals surface area contributed by atoms with Crippen LogP contribution in [0.2, 0.25) is 0 Å². The lowest BCUT2D eigenvalue weighted by molar-refractivity contribution is 0.304. The van der Waals surface area contributed by atoms with Crippen LogP contribution < -0.4 is 10.6 Å². The van der Waals surface area contributed by atoms with Crippen molar-refractivity contribution in [3.05, 3.63) is 18.1 Å². The Labute approximate surface area is 81.9 Å². The molecule has 14 heavy (non-hydrogen) atoms. The fourth-order valence-electron chi connectivity index (χ4n) is 0.922. The molecule has 0 saturated heterocycles. The summed E-state index contributed by atoms with van der Waals surface area (Å²) < 4.78 is 0. The number of aliphatic hydroxyl groups is 1. The molecule has 0 unspecified atom stereocenters. The Kier molecular flexibility index (Phi) is 3.35. The highest BCUT2D eigenvalue weighted by atomic mass is 16.3. The minimum atomic E-state index is -0.103. The number of aliphatic hydroxyl groups excluding tert-OH is 1. The highest BCUT2D eigenvalue weighted by Crippen LogP contribution is 2.05. The molecule has 0 spiro atoms. The molecular weight excluding hydrogens is 182 g/mol. The number of hydrogen-bond donors (Lipinski definition) is 3. The smallest absolute Gasteiger partial charge is 0.146 e. The molecule has 0 aromatic carbocycles. The number of amidine groups is 1. The molecule has 0 saturated carbocycles. The van der Waals surface area contributed by atoms with Gasteiger partial charge in [0, 0.05) is 13.6 Å². The van der Waals surface area contributed by atoms with Gasteiger partial charge in [0.15, 0.2) is 0 Å².